The molecule has 0 N–H and O–H groups in total. The van der Waals surface area contributed by atoms with Crippen molar-refractivity contribution in [3.05, 3.63) is 69.1 Å². The first-order chi connectivity index (χ1) is 10.5. The predicted octanol–water partition coefficient (Wildman–Crippen LogP) is 2.08. The van der Waals surface area contributed by atoms with Crippen molar-refractivity contribution in [2.45, 2.75) is 27.0 Å². The number of carbonyl (C=O) groups is 1. The number of benzene rings is 1. The third-order valence-electron chi connectivity index (χ3n) is 3.35. The molecule has 0 unspecified atom stereocenters. The van der Waals surface area contributed by atoms with Crippen molar-refractivity contribution in [3.63, 3.8) is 0 Å². The fourth-order valence-corrected chi connectivity index (χ4v) is 2.17. The highest BCUT2D eigenvalue weighted by atomic mass is 16.5. The van der Waals surface area contributed by atoms with E-state index in [1.54, 1.807) is 19.9 Å². The number of ether oxygens (including phenoxy) is 1. The van der Waals surface area contributed by atoms with Gasteiger partial charge < -0.3 is 9.30 Å². The number of rotatable bonds is 4. The zero-order valence-corrected chi connectivity index (χ0v) is 12.5. The molecule has 1 heterocycles. The van der Waals surface area contributed by atoms with E-state index in [-0.39, 0.29) is 18.7 Å². The number of carbonyl (C=O) groups excluding carboxylic acids is 1. The lowest BCUT2D eigenvalue weighted by atomic mass is 10.1. The Bertz CT molecular complexity index is 786. The molecule has 0 bridgehead atoms. The fraction of sp³-hybridized carbons (Fsp3) is 0.235. The van der Waals surface area contributed by atoms with Crippen molar-refractivity contribution in [3.8, 4) is 6.07 Å². The van der Waals surface area contributed by atoms with Gasteiger partial charge in [-0.15, -0.1) is 0 Å². The average molecular weight is 296 g/mol. The van der Waals surface area contributed by atoms with Crippen molar-refractivity contribution >= 4 is 5.97 Å². The fourth-order valence-electron chi connectivity index (χ4n) is 2.17. The number of aromatic nitrogens is 1. The standard InChI is InChI=1S/C17H16N2O3/c1-12-8-13(2)19(17(21)15(12)9-18)10-16(20)22-11-14-6-4-3-5-7-14/h3-8H,10-11H2,1-2H3. The van der Waals surface area contributed by atoms with Crippen LogP contribution in [0, 0.1) is 25.2 Å². The molecule has 1 aromatic heterocycles. The molecular weight excluding hydrogens is 280 g/mol. The largest absolute Gasteiger partial charge is 0.459 e. The lowest BCUT2D eigenvalue weighted by molar-refractivity contribution is -0.145. The quantitative estimate of drug-likeness (QED) is 0.810. The molecule has 0 saturated heterocycles. The van der Waals surface area contributed by atoms with E-state index in [2.05, 4.69) is 0 Å². The molecule has 1 aromatic carbocycles. The van der Waals surface area contributed by atoms with Crippen LogP contribution in [0.1, 0.15) is 22.4 Å². The Hall–Kier alpha value is -2.87. The van der Waals surface area contributed by atoms with Crippen molar-refractivity contribution in [1.82, 2.24) is 4.57 Å². The first-order valence-electron chi connectivity index (χ1n) is 6.83. The lowest BCUT2D eigenvalue weighted by Gasteiger charge is -2.11. The molecule has 2 rings (SSSR count). The highest BCUT2D eigenvalue weighted by Crippen LogP contribution is 2.06. The Labute approximate surface area is 128 Å². The van der Waals surface area contributed by atoms with Crippen LogP contribution in [0.4, 0.5) is 0 Å². The SMILES string of the molecule is Cc1cc(C)n(CC(=O)OCc2ccccc2)c(=O)c1C#N. The van der Waals surface area contributed by atoms with Gasteiger partial charge in [0.15, 0.2) is 0 Å². The van der Waals surface area contributed by atoms with Crippen molar-refractivity contribution in [2.24, 2.45) is 0 Å². The number of aryl methyl sites for hydroxylation is 2. The van der Waals surface area contributed by atoms with Crippen LogP contribution in [0.25, 0.3) is 0 Å². The van der Waals surface area contributed by atoms with Crippen LogP contribution in [-0.4, -0.2) is 10.5 Å². The highest BCUT2D eigenvalue weighted by molar-refractivity contribution is 5.69. The Morgan fingerprint density at radius 2 is 1.95 bits per heavy atom. The van der Waals surface area contributed by atoms with Gasteiger partial charge in [0.05, 0.1) is 0 Å². The summed E-state index contributed by atoms with van der Waals surface area (Å²) in [6, 6.07) is 12.9. The topological polar surface area (TPSA) is 72.1 Å². The normalized spacial score (nSPS) is 10.0. The summed E-state index contributed by atoms with van der Waals surface area (Å²) in [4.78, 5) is 24.1. The second-order valence-electron chi connectivity index (χ2n) is 4.99. The van der Waals surface area contributed by atoms with Crippen LogP contribution < -0.4 is 5.56 Å². The summed E-state index contributed by atoms with van der Waals surface area (Å²) in [5.41, 5.74) is 1.71. The highest BCUT2D eigenvalue weighted by Gasteiger charge is 2.13. The van der Waals surface area contributed by atoms with Crippen LogP contribution in [0.2, 0.25) is 0 Å². The minimum Gasteiger partial charge on any atom is -0.459 e. The molecule has 0 atom stereocenters. The predicted molar refractivity (Wildman–Crippen MR) is 81.1 cm³/mol. The van der Waals surface area contributed by atoms with Gasteiger partial charge in [0, 0.05) is 5.69 Å². The van der Waals surface area contributed by atoms with Gasteiger partial charge in [-0.05, 0) is 31.0 Å². The number of nitriles is 1. The second kappa shape index (κ2) is 6.72. The second-order valence-corrected chi connectivity index (χ2v) is 4.99. The maximum absolute atomic E-state index is 12.2. The molecule has 0 aliphatic rings. The molecule has 0 aliphatic heterocycles. The van der Waals surface area contributed by atoms with E-state index in [0.29, 0.717) is 11.3 Å². The molecule has 5 heteroatoms. The van der Waals surface area contributed by atoms with E-state index >= 15 is 0 Å². The van der Waals surface area contributed by atoms with Gasteiger partial charge in [0.25, 0.3) is 5.56 Å². The Morgan fingerprint density at radius 3 is 2.59 bits per heavy atom. The molecule has 0 aliphatic carbocycles. The summed E-state index contributed by atoms with van der Waals surface area (Å²) < 4.78 is 6.43. The molecule has 0 spiro atoms. The van der Waals surface area contributed by atoms with E-state index in [4.69, 9.17) is 10.00 Å². The third-order valence-corrected chi connectivity index (χ3v) is 3.35. The minimum absolute atomic E-state index is 0.0569. The molecular formula is C17H16N2O3. The summed E-state index contributed by atoms with van der Waals surface area (Å²) >= 11 is 0. The van der Waals surface area contributed by atoms with E-state index in [1.807, 2.05) is 36.4 Å². The van der Waals surface area contributed by atoms with Gasteiger partial charge in [0.1, 0.15) is 24.8 Å². The molecule has 112 valence electrons. The number of pyridine rings is 1. The molecule has 2 aromatic rings. The Morgan fingerprint density at radius 1 is 1.27 bits per heavy atom. The minimum atomic E-state index is -0.512. The van der Waals surface area contributed by atoms with E-state index < -0.39 is 11.5 Å². The van der Waals surface area contributed by atoms with Gasteiger partial charge in [-0.1, -0.05) is 30.3 Å². The van der Waals surface area contributed by atoms with Crippen LogP contribution in [0.5, 0.6) is 0 Å². The monoisotopic (exact) mass is 296 g/mol. The van der Waals surface area contributed by atoms with Crippen LogP contribution >= 0.6 is 0 Å². The van der Waals surface area contributed by atoms with Crippen molar-refractivity contribution in [2.75, 3.05) is 0 Å². The van der Waals surface area contributed by atoms with E-state index in [0.717, 1.165) is 5.56 Å². The smallest absolute Gasteiger partial charge is 0.326 e. The zero-order chi connectivity index (χ0) is 16.1. The number of nitrogens with zero attached hydrogens (tertiary/aromatic N) is 2. The summed E-state index contributed by atoms with van der Waals surface area (Å²) in [5, 5.41) is 9.02. The Balaban J connectivity index is 2.13. The van der Waals surface area contributed by atoms with Crippen molar-refractivity contribution < 1.29 is 9.53 Å². The lowest BCUT2D eigenvalue weighted by Crippen LogP contribution is -2.29. The van der Waals surface area contributed by atoms with Gasteiger partial charge in [-0.25, -0.2) is 0 Å². The summed E-state index contributed by atoms with van der Waals surface area (Å²) in [6.45, 7) is 3.38. The molecule has 0 saturated carbocycles. The molecule has 5 nitrogen and oxygen atoms in total. The van der Waals surface area contributed by atoms with Gasteiger partial charge >= 0.3 is 5.97 Å². The van der Waals surface area contributed by atoms with Crippen LogP contribution in [-0.2, 0) is 22.7 Å². The zero-order valence-electron chi connectivity index (χ0n) is 12.5. The van der Waals surface area contributed by atoms with Gasteiger partial charge in [0.2, 0.25) is 0 Å². The third kappa shape index (κ3) is 3.41. The number of esters is 1. The van der Waals surface area contributed by atoms with Gasteiger partial charge in [-0.2, -0.15) is 5.26 Å². The van der Waals surface area contributed by atoms with E-state index in [9.17, 15) is 9.59 Å². The summed E-state index contributed by atoms with van der Waals surface area (Å²) in [5.74, 6) is -0.512. The Kier molecular flexibility index (Phi) is 4.74. The van der Waals surface area contributed by atoms with Gasteiger partial charge in [-0.3, -0.25) is 9.59 Å². The molecule has 0 fully saturated rings. The van der Waals surface area contributed by atoms with Crippen LogP contribution in [0.3, 0.4) is 0 Å². The summed E-state index contributed by atoms with van der Waals surface area (Å²) in [7, 11) is 0. The molecule has 22 heavy (non-hydrogen) atoms. The first kappa shape index (κ1) is 15.5. The molecule has 0 radical (unpaired) electrons. The molecule has 0 amide bonds. The van der Waals surface area contributed by atoms with Crippen LogP contribution in [0.15, 0.2) is 41.2 Å². The van der Waals surface area contributed by atoms with E-state index in [1.165, 1.54) is 4.57 Å². The maximum atomic E-state index is 12.2. The number of hydrogen-bond acceptors (Lipinski definition) is 4. The number of hydrogen-bond donors (Lipinski definition) is 0. The van der Waals surface area contributed by atoms with Crippen molar-refractivity contribution in [1.29, 1.82) is 5.26 Å². The summed E-state index contributed by atoms with van der Waals surface area (Å²) in [6.07, 6.45) is 0. The average Bonchev–Trinajstić information content (AvgIpc) is 2.51. The maximum Gasteiger partial charge on any atom is 0.326 e. The first-order valence-corrected chi connectivity index (χ1v) is 6.83.